The molecule has 3 amide bonds. The molecule has 1 aliphatic rings. The molecule has 1 aliphatic heterocycles. The summed E-state index contributed by atoms with van der Waals surface area (Å²) in [5.41, 5.74) is 1.35. The minimum Gasteiger partial charge on any atom is -0.444 e. The molecule has 0 spiro atoms. The molecule has 0 bridgehead atoms. The summed E-state index contributed by atoms with van der Waals surface area (Å²) >= 11 is 1.33. The van der Waals surface area contributed by atoms with Gasteiger partial charge in [-0.3, -0.25) is 9.59 Å². The first-order valence-electron chi connectivity index (χ1n) is 10.3. The van der Waals surface area contributed by atoms with Gasteiger partial charge < -0.3 is 20.3 Å². The number of alkyl carbamates (subject to hydrolysis) is 1. The Morgan fingerprint density at radius 1 is 1.17 bits per heavy atom. The second-order valence-corrected chi connectivity index (χ2v) is 9.60. The zero-order chi connectivity index (χ0) is 22.1. The van der Waals surface area contributed by atoms with Crippen molar-refractivity contribution < 1.29 is 19.1 Å². The van der Waals surface area contributed by atoms with Gasteiger partial charge in [0.05, 0.1) is 11.5 Å². The Labute approximate surface area is 183 Å². The van der Waals surface area contributed by atoms with Crippen LogP contribution in [-0.4, -0.2) is 59.5 Å². The number of piperidine rings is 1. The normalized spacial score (nSPS) is 14.9. The quantitative estimate of drug-likeness (QED) is 0.685. The third-order valence-electron chi connectivity index (χ3n) is 4.66. The van der Waals surface area contributed by atoms with Crippen LogP contribution in [0.2, 0.25) is 0 Å². The number of thioether (sulfide) groups is 1. The molecule has 0 aliphatic carbocycles. The predicted octanol–water partition coefficient (Wildman–Crippen LogP) is 3.43. The highest BCUT2D eigenvalue weighted by Gasteiger charge is 2.24. The zero-order valence-electron chi connectivity index (χ0n) is 18.3. The van der Waals surface area contributed by atoms with Gasteiger partial charge in [0.15, 0.2) is 0 Å². The second-order valence-electron chi connectivity index (χ2n) is 8.62. The van der Waals surface area contributed by atoms with Crippen LogP contribution in [-0.2, 0) is 14.3 Å². The molecule has 1 saturated heterocycles. The van der Waals surface area contributed by atoms with Crippen molar-refractivity contribution in [1.82, 2.24) is 10.2 Å². The lowest BCUT2D eigenvalue weighted by Gasteiger charge is -2.32. The van der Waals surface area contributed by atoms with E-state index in [0.29, 0.717) is 31.3 Å². The fourth-order valence-corrected chi connectivity index (χ4v) is 3.89. The fraction of sp³-hybridized carbons (Fsp3) is 0.591. The summed E-state index contributed by atoms with van der Waals surface area (Å²) in [6.07, 6.45) is 1.29. The summed E-state index contributed by atoms with van der Waals surface area (Å²) in [6.45, 7) is 9.39. The Morgan fingerprint density at radius 3 is 2.50 bits per heavy atom. The first kappa shape index (κ1) is 24.1. The van der Waals surface area contributed by atoms with E-state index >= 15 is 0 Å². The largest absolute Gasteiger partial charge is 0.444 e. The molecule has 1 fully saturated rings. The number of likely N-dealkylation sites (tertiary alicyclic amines) is 1. The van der Waals surface area contributed by atoms with Crippen LogP contribution >= 0.6 is 11.8 Å². The smallest absolute Gasteiger partial charge is 0.407 e. The van der Waals surface area contributed by atoms with Gasteiger partial charge in [0.2, 0.25) is 11.8 Å². The van der Waals surface area contributed by atoms with Crippen LogP contribution in [0, 0.1) is 12.8 Å². The molecule has 166 valence electrons. The molecule has 0 saturated carbocycles. The van der Waals surface area contributed by atoms with Crippen LogP contribution in [0.5, 0.6) is 0 Å². The Bertz CT molecular complexity index is 740. The summed E-state index contributed by atoms with van der Waals surface area (Å²) in [5.74, 6) is 0.833. The van der Waals surface area contributed by atoms with E-state index in [1.807, 2.05) is 56.9 Å². The van der Waals surface area contributed by atoms with Gasteiger partial charge in [-0.1, -0.05) is 12.1 Å². The standard InChI is InChI=1S/C22H33N3O4S/c1-16-6-5-7-18(12-16)24-19(26)14-30-15-20(27)25-10-8-17(9-11-25)13-23-21(28)29-22(2,3)4/h5-7,12,17H,8-11,13-15H2,1-4H3,(H,23,28)(H,24,26). The van der Waals surface area contributed by atoms with Crippen molar-refractivity contribution in [2.24, 2.45) is 5.92 Å². The molecule has 0 radical (unpaired) electrons. The van der Waals surface area contributed by atoms with E-state index in [4.69, 9.17) is 4.74 Å². The van der Waals surface area contributed by atoms with E-state index < -0.39 is 11.7 Å². The van der Waals surface area contributed by atoms with Crippen molar-refractivity contribution in [1.29, 1.82) is 0 Å². The number of rotatable bonds is 7. The minimum absolute atomic E-state index is 0.0573. The molecule has 0 unspecified atom stereocenters. The summed E-state index contributed by atoms with van der Waals surface area (Å²) in [7, 11) is 0. The van der Waals surface area contributed by atoms with Gasteiger partial charge in [-0.25, -0.2) is 4.79 Å². The van der Waals surface area contributed by atoms with Crippen molar-refractivity contribution in [2.75, 3.05) is 36.5 Å². The van der Waals surface area contributed by atoms with E-state index in [-0.39, 0.29) is 17.6 Å². The fourth-order valence-electron chi connectivity index (χ4n) is 3.17. The van der Waals surface area contributed by atoms with Gasteiger partial charge in [-0.05, 0) is 64.2 Å². The summed E-state index contributed by atoms with van der Waals surface area (Å²) in [6, 6.07) is 7.63. The molecule has 1 aromatic carbocycles. The number of anilines is 1. The molecular weight excluding hydrogens is 402 g/mol. The maximum atomic E-state index is 12.4. The number of amides is 3. The highest BCUT2D eigenvalue weighted by molar-refractivity contribution is 8.00. The highest BCUT2D eigenvalue weighted by Crippen LogP contribution is 2.18. The molecule has 2 rings (SSSR count). The van der Waals surface area contributed by atoms with E-state index in [0.717, 1.165) is 24.1 Å². The number of hydrogen-bond donors (Lipinski definition) is 2. The number of hydrogen-bond acceptors (Lipinski definition) is 5. The molecule has 8 heteroatoms. The number of ether oxygens (including phenoxy) is 1. The number of nitrogens with zero attached hydrogens (tertiary/aromatic N) is 1. The van der Waals surface area contributed by atoms with Crippen LogP contribution < -0.4 is 10.6 Å². The number of aryl methyl sites for hydroxylation is 1. The monoisotopic (exact) mass is 435 g/mol. The first-order chi connectivity index (χ1) is 14.1. The van der Waals surface area contributed by atoms with E-state index in [2.05, 4.69) is 10.6 Å². The van der Waals surface area contributed by atoms with Crippen LogP contribution in [0.4, 0.5) is 10.5 Å². The molecule has 1 heterocycles. The van der Waals surface area contributed by atoms with Gasteiger partial charge in [-0.2, -0.15) is 0 Å². The molecule has 0 atom stereocenters. The van der Waals surface area contributed by atoms with Crippen molar-refractivity contribution in [3.05, 3.63) is 29.8 Å². The van der Waals surface area contributed by atoms with Crippen LogP contribution in [0.1, 0.15) is 39.2 Å². The highest BCUT2D eigenvalue weighted by atomic mass is 32.2. The lowest BCUT2D eigenvalue weighted by molar-refractivity contribution is -0.129. The average molecular weight is 436 g/mol. The van der Waals surface area contributed by atoms with Crippen molar-refractivity contribution in [2.45, 2.75) is 46.1 Å². The zero-order valence-corrected chi connectivity index (χ0v) is 19.1. The Morgan fingerprint density at radius 2 is 1.87 bits per heavy atom. The summed E-state index contributed by atoms with van der Waals surface area (Å²) < 4.78 is 5.24. The number of carbonyl (C=O) groups excluding carboxylic acids is 3. The van der Waals surface area contributed by atoms with Crippen LogP contribution in [0.3, 0.4) is 0 Å². The van der Waals surface area contributed by atoms with Gasteiger partial charge in [-0.15, -0.1) is 11.8 Å². The summed E-state index contributed by atoms with van der Waals surface area (Å²) in [4.78, 5) is 38.0. The van der Waals surface area contributed by atoms with Crippen LogP contribution in [0.25, 0.3) is 0 Å². The van der Waals surface area contributed by atoms with Gasteiger partial charge >= 0.3 is 6.09 Å². The average Bonchev–Trinajstić information content (AvgIpc) is 2.65. The SMILES string of the molecule is Cc1cccc(NC(=O)CSCC(=O)N2CCC(CNC(=O)OC(C)(C)C)CC2)c1. The maximum Gasteiger partial charge on any atom is 0.407 e. The first-order valence-corrected chi connectivity index (χ1v) is 11.5. The maximum absolute atomic E-state index is 12.4. The van der Waals surface area contributed by atoms with Crippen molar-refractivity contribution in [3.63, 3.8) is 0 Å². The molecule has 1 aromatic rings. The Hall–Kier alpha value is -2.22. The lowest BCUT2D eigenvalue weighted by atomic mass is 9.97. The van der Waals surface area contributed by atoms with E-state index in [9.17, 15) is 14.4 Å². The van der Waals surface area contributed by atoms with Crippen molar-refractivity contribution in [3.8, 4) is 0 Å². The molecular formula is C22H33N3O4S. The summed E-state index contributed by atoms with van der Waals surface area (Å²) in [5, 5.41) is 5.66. The number of nitrogens with one attached hydrogen (secondary N) is 2. The third-order valence-corrected chi connectivity index (χ3v) is 5.58. The molecule has 7 nitrogen and oxygen atoms in total. The Balaban J connectivity index is 1.61. The third kappa shape index (κ3) is 9.07. The van der Waals surface area contributed by atoms with E-state index in [1.165, 1.54) is 11.8 Å². The molecule has 2 N–H and O–H groups in total. The van der Waals surface area contributed by atoms with Crippen molar-refractivity contribution >= 4 is 35.4 Å². The second kappa shape index (κ2) is 11.2. The lowest BCUT2D eigenvalue weighted by Crippen LogP contribution is -2.43. The predicted molar refractivity (Wildman–Crippen MR) is 121 cm³/mol. The minimum atomic E-state index is -0.505. The van der Waals surface area contributed by atoms with Gasteiger partial charge in [0.1, 0.15) is 5.60 Å². The number of carbonyl (C=O) groups is 3. The van der Waals surface area contributed by atoms with Crippen LogP contribution in [0.15, 0.2) is 24.3 Å². The van der Waals surface area contributed by atoms with Gasteiger partial charge in [0.25, 0.3) is 0 Å². The molecule has 30 heavy (non-hydrogen) atoms. The van der Waals surface area contributed by atoms with Gasteiger partial charge in [0, 0.05) is 25.3 Å². The topological polar surface area (TPSA) is 87.7 Å². The number of benzene rings is 1. The Kier molecular flexibility index (Phi) is 9.02. The van der Waals surface area contributed by atoms with E-state index in [1.54, 1.807) is 0 Å². The molecule has 0 aromatic heterocycles.